The molecule has 4 rings (SSSR count). The second-order valence-electron chi connectivity index (χ2n) is 7.07. The van der Waals surface area contributed by atoms with E-state index in [0.717, 1.165) is 5.56 Å². The molecule has 7 heteroatoms. The highest BCUT2D eigenvalue weighted by Crippen LogP contribution is 2.30. The molecule has 0 saturated heterocycles. The number of hydrogen-bond donors (Lipinski definition) is 0. The molecule has 0 unspecified atom stereocenters. The van der Waals surface area contributed by atoms with Gasteiger partial charge in [-0.05, 0) is 48.4 Å². The molecule has 1 atom stereocenters. The fourth-order valence-corrected chi connectivity index (χ4v) is 3.58. The molecule has 3 aromatic carbocycles. The Balaban J connectivity index is 1.51. The van der Waals surface area contributed by atoms with Crippen molar-refractivity contribution < 1.29 is 18.3 Å². The fraction of sp³-hybridized carbons (Fsp3) is 0.167. The first-order valence-corrected chi connectivity index (χ1v) is 10.2. The molecular formula is C24H20ClFN2O3. The molecule has 0 aliphatic rings. The van der Waals surface area contributed by atoms with Crippen molar-refractivity contribution in [3.05, 3.63) is 83.1 Å². The predicted octanol–water partition coefficient (Wildman–Crippen LogP) is 6.57. The molecule has 1 aromatic heterocycles. The van der Waals surface area contributed by atoms with Crippen LogP contribution in [0.15, 0.2) is 71.1 Å². The Bertz CT molecular complexity index is 1220. The average molecular weight is 439 g/mol. The minimum absolute atomic E-state index is 0.104. The summed E-state index contributed by atoms with van der Waals surface area (Å²) >= 11 is 5.96. The number of aromatic nitrogens is 1. The third kappa shape index (κ3) is 4.39. The summed E-state index contributed by atoms with van der Waals surface area (Å²) in [6.45, 7) is 1.92. The summed E-state index contributed by atoms with van der Waals surface area (Å²) in [5.41, 5.74) is 2.24. The van der Waals surface area contributed by atoms with Crippen LogP contribution in [0.1, 0.15) is 24.8 Å². The van der Waals surface area contributed by atoms with E-state index < -0.39 is 11.7 Å². The van der Waals surface area contributed by atoms with Crippen molar-refractivity contribution >= 4 is 34.3 Å². The first-order valence-electron chi connectivity index (χ1n) is 9.82. The van der Waals surface area contributed by atoms with E-state index in [1.165, 1.54) is 11.0 Å². The second kappa shape index (κ2) is 8.78. The minimum atomic E-state index is -0.434. The topological polar surface area (TPSA) is 55.6 Å². The van der Waals surface area contributed by atoms with E-state index in [-0.39, 0.29) is 17.7 Å². The zero-order valence-corrected chi connectivity index (χ0v) is 17.8. The highest BCUT2D eigenvalue weighted by Gasteiger charge is 2.24. The zero-order chi connectivity index (χ0) is 22.0. The summed E-state index contributed by atoms with van der Waals surface area (Å²) in [4.78, 5) is 18.7. The van der Waals surface area contributed by atoms with Crippen molar-refractivity contribution in [2.45, 2.75) is 19.3 Å². The lowest BCUT2D eigenvalue weighted by molar-refractivity contribution is -0.119. The number of halogens is 2. The van der Waals surface area contributed by atoms with Gasteiger partial charge in [-0.3, -0.25) is 4.79 Å². The number of fused-ring (bicyclic) bond motifs is 1. The van der Waals surface area contributed by atoms with Crippen LogP contribution in [0, 0.1) is 5.82 Å². The molecule has 158 valence electrons. The van der Waals surface area contributed by atoms with Gasteiger partial charge in [0.2, 0.25) is 5.91 Å². The Morgan fingerprint density at radius 2 is 1.90 bits per heavy atom. The van der Waals surface area contributed by atoms with Gasteiger partial charge in [-0.15, -0.1) is 0 Å². The molecule has 1 amide bonds. The number of likely N-dealkylation sites (N-methyl/N-ethyl adjacent to an activating group) is 1. The van der Waals surface area contributed by atoms with Crippen LogP contribution in [-0.4, -0.2) is 17.9 Å². The van der Waals surface area contributed by atoms with Gasteiger partial charge in [0.25, 0.3) is 0 Å². The number of oxazole rings is 1. The zero-order valence-electron chi connectivity index (χ0n) is 17.0. The molecule has 31 heavy (non-hydrogen) atoms. The largest absolute Gasteiger partial charge is 0.411 e. The fourth-order valence-electron chi connectivity index (χ4n) is 3.42. The maximum atomic E-state index is 14.1. The summed E-state index contributed by atoms with van der Waals surface area (Å²) in [6, 6.07) is 18.5. The number of nitrogens with zero attached hydrogens (tertiary/aromatic N) is 2. The summed E-state index contributed by atoms with van der Waals surface area (Å²) in [6.07, 6.45) is 0.677. The van der Waals surface area contributed by atoms with Crippen LogP contribution >= 0.6 is 11.6 Å². The minimum Gasteiger partial charge on any atom is -0.411 e. The lowest BCUT2D eigenvalue weighted by Gasteiger charge is -2.24. The van der Waals surface area contributed by atoms with Gasteiger partial charge >= 0.3 is 6.08 Å². The Kier molecular flexibility index (Phi) is 5.91. The Labute approximate surface area is 184 Å². The van der Waals surface area contributed by atoms with Gasteiger partial charge in [0.15, 0.2) is 5.58 Å². The van der Waals surface area contributed by atoms with Gasteiger partial charge in [0.05, 0.1) is 11.6 Å². The van der Waals surface area contributed by atoms with Crippen LogP contribution in [0.4, 0.5) is 10.1 Å². The second-order valence-corrected chi connectivity index (χ2v) is 7.51. The predicted molar refractivity (Wildman–Crippen MR) is 118 cm³/mol. The van der Waals surface area contributed by atoms with Crippen LogP contribution in [0.3, 0.4) is 0 Å². The van der Waals surface area contributed by atoms with Gasteiger partial charge in [-0.2, -0.15) is 4.98 Å². The number of carbonyl (C=O) groups excluding carboxylic acids is 1. The number of benzene rings is 3. The number of amides is 1. The van der Waals surface area contributed by atoms with Gasteiger partial charge in [0, 0.05) is 18.1 Å². The van der Waals surface area contributed by atoms with Crippen LogP contribution in [0.5, 0.6) is 11.8 Å². The molecule has 0 N–H and O–H groups in total. The van der Waals surface area contributed by atoms with Gasteiger partial charge < -0.3 is 14.1 Å². The third-order valence-corrected chi connectivity index (χ3v) is 5.30. The molecular weight excluding hydrogens is 419 g/mol. The lowest BCUT2D eigenvalue weighted by Crippen LogP contribution is -2.32. The molecule has 0 aliphatic heterocycles. The molecule has 1 heterocycles. The standard InChI is InChI=1S/C24H20ClFN2O3/c1-3-18(23(29)28(2)21-7-5-4-6-19(21)26)15-8-11-17(12-9-15)30-24-27-20-13-10-16(25)14-22(20)31-24/h4-14,18H,3H2,1-2H3/t18-/m0/s1. The number of para-hydroxylation sites is 1. The van der Waals surface area contributed by atoms with Crippen molar-refractivity contribution in [2.24, 2.45) is 0 Å². The Morgan fingerprint density at radius 1 is 1.16 bits per heavy atom. The number of anilines is 1. The Hall–Kier alpha value is -3.38. The lowest BCUT2D eigenvalue weighted by atomic mass is 9.95. The van der Waals surface area contributed by atoms with Crippen LogP contribution in [0.2, 0.25) is 5.02 Å². The van der Waals surface area contributed by atoms with E-state index in [0.29, 0.717) is 28.3 Å². The summed E-state index contributed by atoms with van der Waals surface area (Å²) in [7, 11) is 1.58. The molecule has 4 aromatic rings. The van der Waals surface area contributed by atoms with E-state index in [1.807, 2.05) is 19.1 Å². The normalized spacial score (nSPS) is 12.0. The molecule has 5 nitrogen and oxygen atoms in total. The average Bonchev–Trinajstić information content (AvgIpc) is 3.16. The maximum absolute atomic E-state index is 14.1. The smallest absolute Gasteiger partial charge is 0.400 e. The first kappa shape index (κ1) is 20.9. The first-order chi connectivity index (χ1) is 15.0. The molecule has 0 spiro atoms. The van der Waals surface area contributed by atoms with Crippen LogP contribution in [0.25, 0.3) is 11.1 Å². The molecule has 0 radical (unpaired) electrons. The number of ether oxygens (including phenoxy) is 1. The molecule has 0 bridgehead atoms. The van der Waals surface area contributed by atoms with E-state index in [9.17, 15) is 9.18 Å². The van der Waals surface area contributed by atoms with Gasteiger partial charge in [0.1, 0.15) is 17.1 Å². The maximum Gasteiger partial charge on any atom is 0.400 e. The molecule has 0 aliphatic carbocycles. The summed E-state index contributed by atoms with van der Waals surface area (Å²) < 4.78 is 25.4. The molecule has 0 saturated carbocycles. The van der Waals surface area contributed by atoms with Crippen molar-refractivity contribution in [2.75, 3.05) is 11.9 Å². The number of rotatable bonds is 6. The third-order valence-electron chi connectivity index (χ3n) is 5.07. The van der Waals surface area contributed by atoms with E-state index in [1.54, 1.807) is 55.6 Å². The SMILES string of the molecule is CC[C@H](C(=O)N(C)c1ccccc1F)c1ccc(Oc2nc3ccc(Cl)cc3o2)cc1. The highest BCUT2D eigenvalue weighted by molar-refractivity contribution is 6.31. The number of carbonyl (C=O) groups is 1. The quantitative estimate of drug-likeness (QED) is 0.341. The van der Waals surface area contributed by atoms with Crippen molar-refractivity contribution in [1.82, 2.24) is 4.98 Å². The van der Waals surface area contributed by atoms with E-state index >= 15 is 0 Å². The van der Waals surface area contributed by atoms with Crippen LogP contribution < -0.4 is 9.64 Å². The van der Waals surface area contributed by atoms with Crippen molar-refractivity contribution in [3.8, 4) is 11.8 Å². The monoisotopic (exact) mass is 438 g/mol. The summed E-state index contributed by atoms with van der Waals surface area (Å²) in [5.74, 6) is -0.509. The Morgan fingerprint density at radius 3 is 2.61 bits per heavy atom. The van der Waals surface area contributed by atoms with Gasteiger partial charge in [-0.25, -0.2) is 4.39 Å². The van der Waals surface area contributed by atoms with Gasteiger partial charge in [-0.1, -0.05) is 42.8 Å². The summed E-state index contributed by atoms with van der Waals surface area (Å²) in [5, 5.41) is 0.551. The van der Waals surface area contributed by atoms with Crippen LogP contribution in [-0.2, 0) is 4.79 Å². The molecule has 0 fully saturated rings. The van der Waals surface area contributed by atoms with E-state index in [4.69, 9.17) is 20.8 Å². The van der Waals surface area contributed by atoms with E-state index in [2.05, 4.69) is 4.98 Å². The highest BCUT2D eigenvalue weighted by atomic mass is 35.5. The van der Waals surface area contributed by atoms with Crippen molar-refractivity contribution in [1.29, 1.82) is 0 Å². The number of hydrogen-bond acceptors (Lipinski definition) is 4. The van der Waals surface area contributed by atoms with Crippen molar-refractivity contribution in [3.63, 3.8) is 0 Å².